The van der Waals surface area contributed by atoms with Crippen LogP contribution in [0.3, 0.4) is 0 Å². The van der Waals surface area contributed by atoms with E-state index in [1.165, 1.54) is 0 Å². The molecule has 20 heavy (non-hydrogen) atoms. The number of rotatable bonds is 11. The van der Waals surface area contributed by atoms with E-state index >= 15 is 0 Å². The smallest absolute Gasteiger partial charge is 0.123 e. The van der Waals surface area contributed by atoms with E-state index in [1.807, 2.05) is 12.1 Å². The number of halogens is 1. The van der Waals surface area contributed by atoms with Crippen LogP contribution in [0.15, 0.2) is 22.7 Å². The lowest BCUT2D eigenvalue weighted by Gasteiger charge is -2.12. The highest BCUT2D eigenvalue weighted by Crippen LogP contribution is 2.23. The number of nitrogens with one attached hydrogen (secondary N) is 1. The summed E-state index contributed by atoms with van der Waals surface area (Å²) in [4.78, 5) is 0. The van der Waals surface area contributed by atoms with E-state index in [1.54, 1.807) is 0 Å². The molecule has 0 spiro atoms. The molecule has 114 valence electrons. The number of benzene rings is 1. The van der Waals surface area contributed by atoms with Gasteiger partial charge in [0.05, 0.1) is 19.8 Å². The molecule has 0 atom stereocenters. The lowest BCUT2D eigenvalue weighted by Crippen LogP contribution is -2.17. The number of ether oxygens (including phenoxy) is 2. The molecule has 0 aromatic heterocycles. The third kappa shape index (κ3) is 7.24. The fourth-order valence-electron chi connectivity index (χ4n) is 1.73. The summed E-state index contributed by atoms with van der Waals surface area (Å²) >= 11 is 3.49. The molecule has 0 aliphatic heterocycles. The SMILES string of the molecule is CCCOc1ccc(Br)cc1CNCCCOCCO. The number of hydrogen-bond donors (Lipinski definition) is 2. The van der Waals surface area contributed by atoms with E-state index < -0.39 is 0 Å². The average molecular weight is 346 g/mol. The van der Waals surface area contributed by atoms with Crippen molar-refractivity contribution in [2.24, 2.45) is 0 Å². The number of hydrogen-bond acceptors (Lipinski definition) is 4. The van der Waals surface area contributed by atoms with Gasteiger partial charge in [0.25, 0.3) is 0 Å². The van der Waals surface area contributed by atoms with Crippen molar-refractivity contribution in [2.75, 3.05) is 33.0 Å². The standard InChI is InChI=1S/C15H24BrNO3/c1-2-8-20-15-5-4-14(16)11-13(15)12-17-6-3-9-19-10-7-18/h4-5,11,17-18H,2-3,6-10,12H2,1H3. The summed E-state index contributed by atoms with van der Waals surface area (Å²) < 4.78 is 12.0. The summed E-state index contributed by atoms with van der Waals surface area (Å²) in [6.07, 6.45) is 1.93. The van der Waals surface area contributed by atoms with Crippen molar-refractivity contribution in [1.29, 1.82) is 0 Å². The normalized spacial score (nSPS) is 10.8. The summed E-state index contributed by atoms with van der Waals surface area (Å²) in [5.41, 5.74) is 1.16. The minimum absolute atomic E-state index is 0.0869. The molecule has 0 saturated carbocycles. The minimum atomic E-state index is 0.0869. The van der Waals surface area contributed by atoms with Crippen molar-refractivity contribution in [3.63, 3.8) is 0 Å². The van der Waals surface area contributed by atoms with Gasteiger partial charge in [0, 0.05) is 23.2 Å². The predicted octanol–water partition coefficient (Wildman–Crippen LogP) is 2.73. The number of aliphatic hydroxyl groups is 1. The first-order valence-corrected chi connectivity index (χ1v) is 7.87. The van der Waals surface area contributed by atoms with Crippen molar-refractivity contribution in [3.8, 4) is 5.75 Å². The van der Waals surface area contributed by atoms with Crippen LogP contribution in [0.2, 0.25) is 0 Å². The van der Waals surface area contributed by atoms with Crippen molar-refractivity contribution in [1.82, 2.24) is 5.32 Å². The summed E-state index contributed by atoms with van der Waals surface area (Å²) in [6, 6.07) is 6.08. The van der Waals surface area contributed by atoms with Gasteiger partial charge < -0.3 is 19.9 Å². The predicted molar refractivity (Wildman–Crippen MR) is 84.2 cm³/mol. The number of aliphatic hydroxyl groups excluding tert-OH is 1. The molecule has 0 radical (unpaired) electrons. The second kappa shape index (κ2) is 11.1. The van der Waals surface area contributed by atoms with Crippen molar-refractivity contribution >= 4 is 15.9 Å². The van der Waals surface area contributed by atoms with Gasteiger partial charge >= 0.3 is 0 Å². The van der Waals surface area contributed by atoms with Crippen LogP contribution in [-0.4, -0.2) is 38.1 Å². The highest BCUT2D eigenvalue weighted by Gasteiger charge is 2.04. The fraction of sp³-hybridized carbons (Fsp3) is 0.600. The van der Waals surface area contributed by atoms with Crippen molar-refractivity contribution in [3.05, 3.63) is 28.2 Å². The van der Waals surface area contributed by atoms with Gasteiger partial charge in [-0.2, -0.15) is 0 Å². The topological polar surface area (TPSA) is 50.7 Å². The lowest BCUT2D eigenvalue weighted by molar-refractivity contribution is 0.0907. The van der Waals surface area contributed by atoms with Crippen LogP contribution in [0.4, 0.5) is 0 Å². The molecule has 1 aromatic rings. The van der Waals surface area contributed by atoms with E-state index in [-0.39, 0.29) is 6.61 Å². The molecule has 4 nitrogen and oxygen atoms in total. The zero-order valence-corrected chi connectivity index (χ0v) is 13.6. The largest absolute Gasteiger partial charge is 0.493 e. The van der Waals surface area contributed by atoms with Crippen molar-refractivity contribution in [2.45, 2.75) is 26.3 Å². The first kappa shape index (κ1) is 17.4. The Labute approximate surface area is 129 Å². The molecule has 1 aromatic carbocycles. The Morgan fingerprint density at radius 1 is 1.25 bits per heavy atom. The van der Waals surface area contributed by atoms with E-state index in [0.29, 0.717) is 13.2 Å². The van der Waals surface area contributed by atoms with Gasteiger partial charge in [0.2, 0.25) is 0 Å². The molecule has 1 rings (SSSR count). The Balaban J connectivity index is 2.32. The summed E-state index contributed by atoms with van der Waals surface area (Å²) in [7, 11) is 0. The molecule has 0 heterocycles. The quantitative estimate of drug-likeness (QED) is 0.605. The second-order valence-electron chi connectivity index (χ2n) is 4.47. The molecule has 0 amide bonds. The van der Waals surface area contributed by atoms with Gasteiger partial charge in [-0.3, -0.25) is 0 Å². The molecule has 0 unspecified atom stereocenters. The van der Waals surface area contributed by atoms with Crippen LogP contribution in [-0.2, 0) is 11.3 Å². The van der Waals surface area contributed by atoms with Gasteiger partial charge in [-0.05, 0) is 37.6 Å². The maximum atomic E-state index is 8.59. The zero-order valence-electron chi connectivity index (χ0n) is 12.0. The Morgan fingerprint density at radius 3 is 2.85 bits per heavy atom. The van der Waals surface area contributed by atoms with Gasteiger partial charge in [-0.25, -0.2) is 0 Å². The van der Waals surface area contributed by atoms with Crippen LogP contribution < -0.4 is 10.1 Å². The summed E-state index contributed by atoms with van der Waals surface area (Å²) in [6.45, 7) is 5.67. The zero-order chi connectivity index (χ0) is 14.6. The molecule has 0 aliphatic rings. The van der Waals surface area contributed by atoms with E-state index in [9.17, 15) is 0 Å². The van der Waals surface area contributed by atoms with Crippen LogP contribution in [0.1, 0.15) is 25.3 Å². The minimum Gasteiger partial charge on any atom is -0.493 e. The first-order valence-electron chi connectivity index (χ1n) is 7.08. The van der Waals surface area contributed by atoms with Gasteiger partial charge in [0.15, 0.2) is 0 Å². The molecule has 0 fully saturated rings. The highest BCUT2D eigenvalue weighted by molar-refractivity contribution is 9.10. The van der Waals surface area contributed by atoms with Crippen LogP contribution in [0, 0.1) is 0 Å². The van der Waals surface area contributed by atoms with Crippen molar-refractivity contribution < 1.29 is 14.6 Å². The van der Waals surface area contributed by atoms with E-state index in [2.05, 4.69) is 34.2 Å². The van der Waals surface area contributed by atoms with Crippen LogP contribution in [0.5, 0.6) is 5.75 Å². The Morgan fingerprint density at radius 2 is 2.10 bits per heavy atom. The molecule has 0 bridgehead atoms. The van der Waals surface area contributed by atoms with E-state index in [0.717, 1.165) is 48.3 Å². The molecule has 5 heteroatoms. The molecular weight excluding hydrogens is 322 g/mol. The van der Waals surface area contributed by atoms with E-state index in [4.69, 9.17) is 14.6 Å². The van der Waals surface area contributed by atoms with Gasteiger partial charge in [-0.1, -0.05) is 22.9 Å². The molecule has 0 aliphatic carbocycles. The monoisotopic (exact) mass is 345 g/mol. The summed E-state index contributed by atoms with van der Waals surface area (Å²) in [5, 5.41) is 12.0. The van der Waals surface area contributed by atoms with Crippen LogP contribution in [0.25, 0.3) is 0 Å². The molecular formula is C15H24BrNO3. The Kier molecular flexibility index (Phi) is 9.66. The van der Waals surface area contributed by atoms with Gasteiger partial charge in [-0.15, -0.1) is 0 Å². The highest BCUT2D eigenvalue weighted by atomic mass is 79.9. The fourth-order valence-corrected chi connectivity index (χ4v) is 2.14. The molecule has 2 N–H and O–H groups in total. The lowest BCUT2D eigenvalue weighted by atomic mass is 10.2. The summed E-state index contributed by atoms with van der Waals surface area (Å²) in [5.74, 6) is 0.944. The average Bonchev–Trinajstić information content (AvgIpc) is 2.45. The van der Waals surface area contributed by atoms with Crippen LogP contribution >= 0.6 is 15.9 Å². The third-order valence-corrected chi connectivity index (χ3v) is 3.17. The first-order chi connectivity index (χ1) is 9.77. The molecule has 0 saturated heterocycles. The second-order valence-corrected chi connectivity index (χ2v) is 5.38. The third-order valence-electron chi connectivity index (χ3n) is 2.68. The Bertz CT molecular complexity index is 374. The van der Waals surface area contributed by atoms with Gasteiger partial charge in [0.1, 0.15) is 5.75 Å². The maximum absolute atomic E-state index is 8.59. The Hall–Kier alpha value is -0.620. The maximum Gasteiger partial charge on any atom is 0.123 e.